The lowest BCUT2D eigenvalue weighted by atomic mass is 9.98. The number of rotatable bonds is 9. The number of esters is 1. The van der Waals surface area contributed by atoms with Gasteiger partial charge >= 0.3 is 5.97 Å². The number of aryl methyl sites for hydroxylation is 1. The number of piperidine rings is 1. The fraction of sp³-hybridized carbons (Fsp3) is 0.500. The molecule has 0 amide bonds. The molecule has 0 radical (unpaired) electrons. The number of ether oxygens (including phenoxy) is 2. The normalized spacial score (nSPS) is 15.4. The monoisotopic (exact) mass is 476 g/mol. The number of hydrogen-bond donors (Lipinski definition) is 0. The molecule has 0 spiro atoms. The second-order valence-electron chi connectivity index (χ2n) is 8.14. The summed E-state index contributed by atoms with van der Waals surface area (Å²) in [6.07, 6.45) is 0.710. The van der Waals surface area contributed by atoms with Crippen LogP contribution in [0.5, 0.6) is 5.75 Å². The average Bonchev–Trinajstić information content (AvgIpc) is 3.11. The molecule has 3 rings (SSSR count). The minimum atomic E-state index is -3.64. The van der Waals surface area contributed by atoms with Crippen molar-refractivity contribution in [2.24, 2.45) is 5.92 Å². The van der Waals surface area contributed by atoms with Gasteiger partial charge in [-0.2, -0.15) is 4.31 Å². The maximum Gasteiger partial charge on any atom is 0.309 e. The fourth-order valence-electron chi connectivity index (χ4n) is 4.26. The molecule has 0 unspecified atom stereocenters. The summed E-state index contributed by atoms with van der Waals surface area (Å²) in [7, 11) is -3.64. The highest BCUT2D eigenvalue weighted by Crippen LogP contribution is 2.26. The topological polar surface area (TPSA) is 94.9 Å². The molecule has 9 heteroatoms. The van der Waals surface area contributed by atoms with Crippen molar-refractivity contribution < 1.29 is 27.5 Å². The molecule has 1 fully saturated rings. The van der Waals surface area contributed by atoms with Gasteiger partial charge in [0.2, 0.25) is 15.8 Å². The quantitative estimate of drug-likeness (QED) is 0.407. The number of carbonyl (C=O) groups is 2. The minimum Gasteiger partial charge on any atom is -0.494 e. The molecule has 1 aliphatic rings. The van der Waals surface area contributed by atoms with Gasteiger partial charge in [-0.15, -0.1) is 0 Å². The molecule has 2 heterocycles. The van der Waals surface area contributed by atoms with Crippen LogP contribution >= 0.6 is 0 Å². The van der Waals surface area contributed by atoms with Gasteiger partial charge in [0.15, 0.2) is 6.61 Å². The van der Waals surface area contributed by atoms with Crippen LogP contribution in [0.25, 0.3) is 0 Å². The third-order valence-electron chi connectivity index (χ3n) is 6.10. The van der Waals surface area contributed by atoms with Gasteiger partial charge in [-0.25, -0.2) is 8.42 Å². The summed E-state index contributed by atoms with van der Waals surface area (Å²) in [4.78, 5) is 25.3. The van der Waals surface area contributed by atoms with E-state index < -0.39 is 21.9 Å². The van der Waals surface area contributed by atoms with Crippen molar-refractivity contribution in [1.82, 2.24) is 8.87 Å². The maximum absolute atomic E-state index is 12.9. The largest absolute Gasteiger partial charge is 0.494 e. The first-order valence-electron chi connectivity index (χ1n) is 11.3. The van der Waals surface area contributed by atoms with Crippen LogP contribution in [0.15, 0.2) is 35.2 Å². The molecule has 1 aromatic carbocycles. The summed E-state index contributed by atoms with van der Waals surface area (Å²) >= 11 is 0. The second kappa shape index (κ2) is 10.5. The lowest BCUT2D eigenvalue weighted by molar-refractivity contribution is -0.148. The standard InChI is InChI=1S/C24H32N2O6S/c1-5-26-17(3)15-22(18(26)4)23(27)16-32-24(28)19-11-13-25(14-12-19)33(29,30)21-9-7-20(8-10-21)31-6-2/h7-10,15,19H,5-6,11-14,16H2,1-4H3. The first-order valence-corrected chi connectivity index (χ1v) is 12.7. The van der Waals surface area contributed by atoms with E-state index in [2.05, 4.69) is 0 Å². The molecule has 0 N–H and O–H groups in total. The summed E-state index contributed by atoms with van der Waals surface area (Å²) in [6.45, 7) is 9.10. The molecule has 1 aromatic heterocycles. The number of aromatic nitrogens is 1. The highest BCUT2D eigenvalue weighted by Gasteiger charge is 2.33. The molecule has 180 valence electrons. The molecule has 0 atom stereocenters. The zero-order chi connectivity index (χ0) is 24.2. The lowest BCUT2D eigenvalue weighted by Gasteiger charge is -2.30. The van der Waals surface area contributed by atoms with Crippen LogP contribution in [0.4, 0.5) is 0 Å². The van der Waals surface area contributed by atoms with E-state index >= 15 is 0 Å². The predicted molar refractivity (Wildman–Crippen MR) is 124 cm³/mol. The van der Waals surface area contributed by atoms with Crippen molar-refractivity contribution in [3.63, 3.8) is 0 Å². The molecule has 2 aromatic rings. The van der Waals surface area contributed by atoms with Crippen LogP contribution in [-0.4, -0.2) is 55.3 Å². The van der Waals surface area contributed by atoms with E-state index in [-0.39, 0.29) is 30.4 Å². The Bertz CT molecular complexity index is 1100. The van der Waals surface area contributed by atoms with Gasteiger partial charge in [0.25, 0.3) is 0 Å². The van der Waals surface area contributed by atoms with E-state index in [1.165, 1.54) is 16.4 Å². The van der Waals surface area contributed by atoms with Crippen molar-refractivity contribution in [1.29, 1.82) is 0 Å². The Labute approximate surface area is 195 Å². The Kier molecular flexibility index (Phi) is 7.97. The van der Waals surface area contributed by atoms with Gasteiger partial charge in [-0.3, -0.25) is 9.59 Å². The van der Waals surface area contributed by atoms with E-state index in [0.29, 0.717) is 30.8 Å². The van der Waals surface area contributed by atoms with Crippen LogP contribution in [0.3, 0.4) is 0 Å². The Hall–Kier alpha value is -2.65. The first-order chi connectivity index (χ1) is 15.7. The average molecular weight is 477 g/mol. The SMILES string of the molecule is CCOc1ccc(S(=O)(=O)N2CCC(C(=O)OCC(=O)c3cc(C)n(CC)c3C)CC2)cc1. The molecule has 8 nitrogen and oxygen atoms in total. The van der Waals surface area contributed by atoms with Gasteiger partial charge in [0, 0.05) is 36.6 Å². The van der Waals surface area contributed by atoms with Crippen molar-refractivity contribution in [3.8, 4) is 5.75 Å². The van der Waals surface area contributed by atoms with E-state index in [1.807, 2.05) is 38.3 Å². The maximum atomic E-state index is 12.9. The number of hydrogen-bond acceptors (Lipinski definition) is 6. The second-order valence-corrected chi connectivity index (χ2v) is 10.1. The Morgan fingerprint density at radius 3 is 2.24 bits per heavy atom. The summed E-state index contributed by atoms with van der Waals surface area (Å²) in [6, 6.07) is 8.15. The third-order valence-corrected chi connectivity index (χ3v) is 8.01. The summed E-state index contributed by atoms with van der Waals surface area (Å²) < 4.78 is 39.9. The van der Waals surface area contributed by atoms with Crippen molar-refractivity contribution in [2.75, 3.05) is 26.3 Å². The zero-order valence-electron chi connectivity index (χ0n) is 19.7. The zero-order valence-corrected chi connectivity index (χ0v) is 20.5. The molecular formula is C24H32N2O6S. The van der Waals surface area contributed by atoms with E-state index in [1.54, 1.807) is 12.1 Å². The number of ketones is 1. The van der Waals surface area contributed by atoms with Gasteiger partial charge in [0.1, 0.15) is 5.75 Å². The number of sulfonamides is 1. The first kappa shape index (κ1) is 25.0. The summed E-state index contributed by atoms with van der Waals surface area (Å²) in [5.74, 6) is -0.492. The van der Waals surface area contributed by atoms with Crippen molar-refractivity contribution >= 4 is 21.8 Å². The molecule has 1 saturated heterocycles. The molecule has 0 bridgehead atoms. The smallest absolute Gasteiger partial charge is 0.309 e. The van der Waals surface area contributed by atoms with Crippen molar-refractivity contribution in [3.05, 3.63) is 47.3 Å². The molecular weight excluding hydrogens is 444 g/mol. The van der Waals surface area contributed by atoms with E-state index in [4.69, 9.17) is 9.47 Å². The Morgan fingerprint density at radius 1 is 1.06 bits per heavy atom. The fourth-order valence-corrected chi connectivity index (χ4v) is 5.73. The number of benzene rings is 1. The Morgan fingerprint density at radius 2 is 1.70 bits per heavy atom. The predicted octanol–water partition coefficient (Wildman–Crippen LogP) is 3.35. The number of carbonyl (C=O) groups excluding carboxylic acids is 2. The lowest BCUT2D eigenvalue weighted by Crippen LogP contribution is -2.40. The van der Waals surface area contributed by atoms with Gasteiger partial charge in [-0.05, 0) is 70.9 Å². The number of nitrogens with zero attached hydrogens (tertiary/aromatic N) is 2. The molecule has 33 heavy (non-hydrogen) atoms. The van der Waals surface area contributed by atoms with Crippen LogP contribution in [0.2, 0.25) is 0 Å². The highest BCUT2D eigenvalue weighted by molar-refractivity contribution is 7.89. The van der Waals surface area contributed by atoms with Crippen molar-refractivity contribution in [2.45, 2.75) is 52.0 Å². The van der Waals surface area contributed by atoms with Crippen LogP contribution < -0.4 is 4.74 Å². The third kappa shape index (κ3) is 5.47. The minimum absolute atomic E-state index is 0.197. The molecule has 0 saturated carbocycles. The van der Waals surface area contributed by atoms with Crippen LogP contribution in [0.1, 0.15) is 48.4 Å². The van der Waals surface area contributed by atoms with Gasteiger partial charge in [-0.1, -0.05) is 0 Å². The van der Waals surface area contributed by atoms with Gasteiger partial charge in [0.05, 0.1) is 17.4 Å². The Balaban J connectivity index is 1.54. The van der Waals surface area contributed by atoms with Crippen LogP contribution in [0, 0.1) is 19.8 Å². The summed E-state index contributed by atoms with van der Waals surface area (Å²) in [5, 5.41) is 0. The molecule has 0 aliphatic carbocycles. The van der Waals surface area contributed by atoms with Gasteiger partial charge < -0.3 is 14.0 Å². The van der Waals surface area contributed by atoms with Crippen LogP contribution in [-0.2, 0) is 26.1 Å². The van der Waals surface area contributed by atoms with E-state index in [0.717, 1.165) is 17.9 Å². The molecule has 1 aliphatic heterocycles. The van der Waals surface area contributed by atoms with E-state index in [9.17, 15) is 18.0 Å². The highest BCUT2D eigenvalue weighted by atomic mass is 32.2. The summed E-state index contributed by atoms with van der Waals surface area (Å²) in [5.41, 5.74) is 2.42. The number of Topliss-reactive ketones (excluding diaryl/α,β-unsaturated/α-hetero) is 1.